The van der Waals surface area contributed by atoms with Crippen LogP contribution in [0.2, 0.25) is 0 Å². The molecule has 2 aromatic heterocycles. The summed E-state index contributed by atoms with van der Waals surface area (Å²) in [6.07, 6.45) is -3.70. The molecule has 0 bridgehead atoms. The molecule has 1 aromatic carbocycles. The molecule has 2 heterocycles. The largest absolute Gasteiger partial charge is 0.465 e. The number of aromatic nitrogens is 3. The fraction of sp³-hybridized carbons (Fsp3) is 0.263. The molecule has 0 saturated heterocycles. The highest BCUT2D eigenvalue weighted by Gasteiger charge is 2.35. The third-order valence-electron chi connectivity index (χ3n) is 4.38. The van der Waals surface area contributed by atoms with Crippen molar-refractivity contribution in [2.75, 3.05) is 12.4 Å². The van der Waals surface area contributed by atoms with Crippen LogP contribution < -0.4 is 10.9 Å². The summed E-state index contributed by atoms with van der Waals surface area (Å²) in [6, 6.07) is 1.63. The van der Waals surface area contributed by atoms with Crippen molar-refractivity contribution in [1.82, 2.24) is 15.0 Å². The number of fused-ring (bicyclic) bond motifs is 1. The van der Waals surface area contributed by atoms with Crippen LogP contribution >= 0.6 is 0 Å². The van der Waals surface area contributed by atoms with E-state index in [0.717, 1.165) is 31.5 Å². The molecule has 0 radical (unpaired) electrons. The maximum Gasteiger partial charge on any atom is 0.416 e. The van der Waals surface area contributed by atoms with Crippen molar-refractivity contribution in [3.63, 3.8) is 0 Å². The zero-order chi connectivity index (χ0) is 22.2. The number of nitrogens with zero attached hydrogens (tertiary/aromatic N) is 2. The van der Waals surface area contributed by atoms with Gasteiger partial charge in [-0.2, -0.15) is 13.2 Å². The van der Waals surface area contributed by atoms with Crippen LogP contribution in [-0.2, 0) is 10.9 Å². The average molecular weight is 424 g/mol. The zero-order valence-electron chi connectivity index (χ0n) is 16.0. The third kappa shape index (κ3) is 4.09. The Morgan fingerprint density at radius 3 is 2.57 bits per heavy atom. The summed E-state index contributed by atoms with van der Waals surface area (Å²) in [6.45, 7) is 2.82. The standard InChI is InChI=1S/C19H16F4N4O3/c1-8(25-16-14(20)4-10(7-24-16)18(29)30-3)11-5-12-15(6-13(11)19(21,22)23)26-9(2)27-17(12)28/h4-8H,1-3H3,(H,24,25)(H,26,27,28)/t8-/m0/s1. The molecule has 158 valence electrons. The van der Waals surface area contributed by atoms with Crippen LogP contribution in [0.4, 0.5) is 23.4 Å². The molecule has 0 fully saturated rings. The summed E-state index contributed by atoms with van der Waals surface area (Å²) in [5.41, 5.74) is -2.15. The number of anilines is 1. The van der Waals surface area contributed by atoms with Crippen LogP contribution in [0.15, 0.2) is 29.2 Å². The predicted molar refractivity (Wildman–Crippen MR) is 99.7 cm³/mol. The lowest BCUT2D eigenvalue weighted by molar-refractivity contribution is -0.138. The quantitative estimate of drug-likeness (QED) is 0.489. The second kappa shape index (κ2) is 7.73. The van der Waals surface area contributed by atoms with Crippen molar-refractivity contribution in [1.29, 1.82) is 0 Å². The molecule has 0 aliphatic heterocycles. The SMILES string of the molecule is COC(=O)c1cnc(N[C@@H](C)c2cc3c(=O)[nH]c(C)nc3cc2C(F)(F)F)c(F)c1. The minimum Gasteiger partial charge on any atom is -0.465 e. The normalized spacial score (nSPS) is 12.6. The summed E-state index contributed by atoms with van der Waals surface area (Å²) < 4.78 is 59.7. The number of methoxy groups -OCH3 is 1. The third-order valence-corrected chi connectivity index (χ3v) is 4.38. The van der Waals surface area contributed by atoms with Gasteiger partial charge in [0.1, 0.15) is 5.82 Å². The molecular formula is C19H16F4N4O3. The average Bonchev–Trinajstić information content (AvgIpc) is 2.67. The number of rotatable bonds is 4. The van der Waals surface area contributed by atoms with Gasteiger partial charge in [-0.15, -0.1) is 0 Å². The molecule has 7 nitrogen and oxygen atoms in total. The number of hydrogen-bond donors (Lipinski definition) is 2. The molecule has 0 aliphatic rings. The molecule has 0 spiro atoms. The van der Waals surface area contributed by atoms with E-state index in [0.29, 0.717) is 0 Å². The van der Waals surface area contributed by atoms with E-state index in [9.17, 15) is 27.2 Å². The molecule has 3 rings (SSSR count). The van der Waals surface area contributed by atoms with E-state index >= 15 is 0 Å². The Hall–Kier alpha value is -3.50. The van der Waals surface area contributed by atoms with Crippen LogP contribution in [0.25, 0.3) is 10.9 Å². The number of alkyl halides is 3. The van der Waals surface area contributed by atoms with Gasteiger partial charge in [0.05, 0.1) is 35.2 Å². The number of halogens is 4. The van der Waals surface area contributed by atoms with Gasteiger partial charge in [-0.05, 0) is 37.6 Å². The first kappa shape index (κ1) is 21.2. The highest BCUT2D eigenvalue weighted by atomic mass is 19.4. The van der Waals surface area contributed by atoms with Gasteiger partial charge in [0.25, 0.3) is 5.56 Å². The molecule has 0 unspecified atom stereocenters. The van der Waals surface area contributed by atoms with Crippen LogP contribution in [0.1, 0.15) is 40.3 Å². The van der Waals surface area contributed by atoms with Crippen LogP contribution in [-0.4, -0.2) is 28.0 Å². The molecule has 0 amide bonds. The molecule has 0 saturated carbocycles. The van der Waals surface area contributed by atoms with Crippen molar-refractivity contribution in [2.24, 2.45) is 0 Å². The summed E-state index contributed by atoms with van der Waals surface area (Å²) in [4.78, 5) is 33.7. The van der Waals surface area contributed by atoms with Crippen LogP contribution in [0.5, 0.6) is 0 Å². The summed E-state index contributed by atoms with van der Waals surface area (Å²) >= 11 is 0. The van der Waals surface area contributed by atoms with E-state index in [1.807, 2.05) is 0 Å². The van der Waals surface area contributed by atoms with Crippen molar-refractivity contribution < 1.29 is 27.1 Å². The van der Waals surface area contributed by atoms with Crippen LogP contribution in [0.3, 0.4) is 0 Å². The predicted octanol–water partition coefficient (Wildman–Crippen LogP) is 3.74. The second-order valence-corrected chi connectivity index (χ2v) is 6.52. The van der Waals surface area contributed by atoms with E-state index in [1.54, 1.807) is 0 Å². The molecular weight excluding hydrogens is 408 g/mol. The maximum absolute atomic E-state index is 14.3. The Kier molecular flexibility index (Phi) is 5.47. The first-order valence-electron chi connectivity index (χ1n) is 8.63. The highest BCUT2D eigenvalue weighted by Crippen LogP contribution is 2.37. The van der Waals surface area contributed by atoms with Crippen molar-refractivity contribution in [3.8, 4) is 0 Å². The van der Waals surface area contributed by atoms with E-state index in [-0.39, 0.29) is 33.7 Å². The number of benzene rings is 1. The van der Waals surface area contributed by atoms with Gasteiger partial charge in [-0.1, -0.05) is 0 Å². The van der Waals surface area contributed by atoms with Gasteiger partial charge in [-0.25, -0.2) is 19.2 Å². The second-order valence-electron chi connectivity index (χ2n) is 6.52. The van der Waals surface area contributed by atoms with Crippen molar-refractivity contribution in [2.45, 2.75) is 26.1 Å². The number of aryl methyl sites for hydroxylation is 1. The highest BCUT2D eigenvalue weighted by molar-refractivity contribution is 5.89. The Morgan fingerprint density at radius 2 is 1.97 bits per heavy atom. The fourth-order valence-corrected chi connectivity index (χ4v) is 2.98. The van der Waals surface area contributed by atoms with Crippen LogP contribution in [0, 0.1) is 12.7 Å². The van der Waals surface area contributed by atoms with Crippen molar-refractivity contribution >= 4 is 22.7 Å². The Bertz CT molecular complexity index is 1190. The van der Waals surface area contributed by atoms with Crippen molar-refractivity contribution in [3.05, 3.63) is 63.1 Å². The molecule has 0 aliphatic carbocycles. The number of hydrogen-bond acceptors (Lipinski definition) is 6. The molecule has 2 N–H and O–H groups in total. The number of carbonyl (C=O) groups excluding carboxylic acids is 1. The van der Waals surface area contributed by atoms with E-state index in [2.05, 4.69) is 25.0 Å². The van der Waals surface area contributed by atoms with Gasteiger partial charge in [-0.3, -0.25) is 4.79 Å². The van der Waals surface area contributed by atoms with E-state index in [1.165, 1.54) is 13.8 Å². The van der Waals surface area contributed by atoms with Gasteiger partial charge in [0.2, 0.25) is 0 Å². The molecule has 1 atom stereocenters. The Labute approximate surface area is 167 Å². The van der Waals surface area contributed by atoms with Gasteiger partial charge >= 0.3 is 12.1 Å². The first-order chi connectivity index (χ1) is 14.0. The lowest BCUT2D eigenvalue weighted by Gasteiger charge is -2.21. The smallest absolute Gasteiger partial charge is 0.416 e. The van der Waals surface area contributed by atoms with E-state index in [4.69, 9.17) is 0 Å². The monoisotopic (exact) mass is 424 g/mol. The number of carbonyl (C=O) groups is 1. The summed E-state index contributed by atoms with van der Waals surface area (Å²) in [7, 11) is 1.12. The number of pyridine rings is 1. The minimum absolute atomic E-state index is 0.0354. The lowest BCUT2D eigenvalue weighted by Crippen LogP contribution is -2.19. The number of nitrogens with one attached hydrogen (secondary N) is 2. The number of H-pyrrole nitrogens is 1. The summed E-state index contributed by atoms with van der Waals surface area (Å²) in [5, 5.41) is 2.51. The minimum atomic E-state index is -4.74. The first-order valence-corrected chi connectivity index (χ1v) is 8.63. The lowest BCUT2D eigenvalue weighted by atomic mass is 9.98. The molecule has 3 aromatic rings. The van der Waals surface area contributed by atoms with E-state index < -0.39 is 35.1 Å². The Morgan fingerprint density at radius 1 is 1.27 bits per heavy atom. The molecule has 30 heavy (non-hydrogen) atoms. The molecule has 11 heteroatoms. The number of aromatic amines is 1. The Balaban J connectivity index is 2.07. The zero-order valence-corrected chi connectivity index (χ0v) is 16.0. The topological polar surface area (TPSA) is 97.0 Å². The summed E-state index contributed by atoms with van der Waals surface area (Å²) in [5.74, 6) is -1.94. The number of esters is 1. The van der Waals surface area contributed by atoms with Gasteiger partial charge in [0, 0.05) is 6.20 Å². The van der Waals surface area contributed by atoms with Gasteiger partial charge in [0.15, 0.2) is 11.6 Å². The maximum atomic E-state index is 14.3. The number of ether oxygens (including phenoxy) is 1. The fourth-order valence-electron chi connectivity index (χ4n) is 2.98. The van der Waals surface area contributed by atoms with Gasteiger partial charge < -0.3 is 15.0 Å².